The summed E-state index contributed by atoms with van der Waals surface area (Å²) in [6.07, 6.45) is -1.41. The van der Waals surface area contributed by atoms with Crippen LogP contribution >= 0.6 is 0 Å². The first kappa shape index (κ1) is 25.9. The van der Waals surface area contributed by atoms with E-state index in [0.29, 0.717) is 6.20 Å². The Morgan fingerprint density at radius 2 is 1.95 bits per heavy atom. The Bertz CT molecular complexity index is 1450. The molecule has 1 saturated heterocycles. The summed E-state index contributed by atoms with van der Waals surface area (Å²) in [4.78, 5) is 44.4. The highest BCUT2D eigenvalue weighted by atomic mass is 19.1. The van der Waals surface area contributed by atoms with Gasteiger partial charge < -0.3 is 20.1 Å². The summed E-state index contributed by atoms with van der Waals surface area (Å²) in [6, 6.07) is 5.67. The summed E-state index contributed by atoms with van der Waals surface area (Å²) in [5.74, 6) is -2.37. The van der Waals surface area contributed by atoms with Crippen molar-refractivity contribution in [3.05, 3.63) is 47.9 Å². The minimum atomic E-state index is -1.50. The number of hydrogen-bond donors (Lipinski definition) is 3. The maximum atomic E-state index is 13.9. The molecule has 0 saturated carbocycles. The average molecular weight is 527 g/mol. The van der Waals surface area contributed by atoms with E-state index in [-0.39, 0.29) is 41.5 Å². The van der Waals surface area contributed by atoms with E-state index in [4.69, 9.17) is 9.84 Å². The average Bonchev–Trinajstić information content (AvgIpc) is 3.20. The van der Waals surface area contributed by atoms with Crippen LogP contribution in [0.3, 0.4) is 0 Å². The molecule has 1 atom stereocenters. The van der Waals surface area contributed by atoms with Crippen LogP contribution in [0.5, 0.6) is 0 Å². The van der Waals surface area contributed by atoms with Gasteiger partial charge in [0.1, 0.15) is 11.9 Å². The van der Waals surface area contributed by atoms with Crippen molar-refractivity contribution in [3.8, 4) is 17.5 Å². The topological polar surface area (TPSA) is 188 Å². The standard InChI is InChI=1S/C22H19F2N9O5/c1-11(14-5-12(23)6-27-17(14)24)38-20(35)29-18-16(30-31-32(18)2)15-4-3-13(7-26-15)28-19(34)22(8-25)9-33(10-22)21(36)37/h3-7,11H,9-10H2,1-2H3,(H,28,34)(H,29,35)(H,36,37)/t11-/m1/s1. The van der Waals surface area contributed by atoms with Gasteiger partial charge in [-0.1, -0.05) is 5.21 Å². The molecular weight excluding hydrogens is 508 g/mol. The highest BCUT2D eigenvalue weighted by Gasteiger charge is 2.52. The smallest absolute Gasteiger partial charge is 0.413 e. The van der Waals surface area contributed by atoms with Gasteiger partial charge in [-0.05, 0) is 25.1 Å². The Labute approximate surface area is 212 Å². The fourth-order valence-electron chi connectivity index (χ4n) is 3.61. The second kappa shape index (κ2) is 10.0. The number of nitriles is 1. The van der Waals surface area contributed by atoms with Gasteiger partial charge in [-0.3, -0.25) is 15.1 Å². The number of nitrogens with one attached hydrogen (secondary N) is 2. The predicted octanol–water partition coefficient (Wildman–Crippen LogP) is 2.30. The fraction of sp³-hybridized carbons (Fsp3) is 0.273. The molecule has 3 aromatic heterocycles. The third kappa shape index (κ3) is 5.02. The molecular formula is C22H19F2N9O5. The van der Waals surface area contributed by atoms with Crippen LogP contribution in [0.1, 0.15) is 18.6 Å². The van der Waals surface area contributed by atoms with Gasteiger partial charge in [-0.15, -0.1) is 5.10 Å². The number of ether oxygens (including phenoxy) is 1. The Morgan fingerprint density at radius 1 is 1.21 bits per heavy atom. The van der Waals surface area contributed by atoms with E-state index in [1.807, 2.05) is 6.07 Å². The van der Waals surface area contributed by atoms with Crippen molar-refractivity contribution in [3.63, 3.8) is 0 Å². The Hall–Kier alpha value is -5.20. The van der Waals surface area contributed by atoms with E-state index in [1.165, 1.54) is 37.0 Å². The molecule has 4 rings (SSSR count). The third-order valence-electron chi connectivity index (χ3n) is 5.71. The Balaban J connectivity index is 1.43. The number of likely N-dealkylation sites (tertiary alicyclic amines) is 1. The monoisotopic (exact) mass is 527 g/mol. The van der Waals surface area contributed by atoms with E-state index in [0.717, 1.165) is 11.0 Å². The van der Waals surface area contributed by atoms with Crippen molar-refractivity contribution in [1.82, 2.24) is 29.9 Å². The molecule has 0 aromatic carbocycles. The summed E-state index contributed by atoms with van der Waals surface area (Å²) in [5, 5.41) is 31.1. The maximum Gasteiger partial charge on any atom is 0.413 e. The fourth-order valence-corrected chi connectivity index (χ4v) is 3.61. The number of carbonyl (C=O) groups excluding carboxylic acids is 2. The molecule has 4 heterocycles. The second-order valence-electron chi connectivity index (χ2n) is 8.34. The molecule has 3 N–H and O–H groups in total. The largest absolute Gasteiger partial charge is 0.465 e. The Kier molecular flexibility index (Phi) is 6.84. The summed E-state index contributed by atoms with van der Waals surface area (Å²) >= 11 is 0. The van der Waals surface area contributed by atoms with E-state index in [2.05, 4.69) is 30.9 Å². The van der Waals surface area contributed by atoms with E-state index in [9.17, 15) is 28.4 Å². The normalized spacial score (nSPS) is 14.6. The first-order chi connectivity index (χ1) is 18.0. The van der Waals surface area contributed by atoms with Crippen LogP contribution in [-0.4, -0.2) is 66.2 Å². The highest BCUT2D eigenvalue weighted by Crippen LogP contribution is 2.32. The zero-order chi connectivity index (χ0) is 27.6. The van der Waals surface area contributed by atoms with Crippen molar-refractivity contribution >= 4 is 29.6 Å². The molecule has 16 heteroatoms. The number of aromatic nitrogens is 5. The molecule has 0 bridgehead atoms. The lowest BCUT2D eigenvalue weighted by Gasteiger charge is -2.42. The summed E-state index contributed by atoms with van der Waals surface area (Å²) in [6.45, 7) is 0.846. The van der Waals surface area contributed by atoms with E-state index >= 15 is 0 Å². The number of carbonyl (C=O) groups is 3. The number of pyridine rings is 2. The van der Waals surface area contributed by atoms with Gasteiger partial charge in [0, 0.05) is 7.05 Å². The Morgan fingerprint density at radius 3 is 2.58 bits per heavy atom. The summed E-state index contributed by atoms with van der Waals surface area (Å²) in [7, 11) is 1.49. The highest BCUT2D eigenvalue weighted by molar-refractivity contribution is 5.99. The zero-order valence-electron chi connectivity index (χ0n) is 19.8. The first-order valence-electron chi connectivity index (χ1n) is 10.9. The molecule has 1 aliphatic rings. The maximum absolute atomic E-state index is 13.9. The number of rotatable bonds is 6. The molecule has 14 nitrogen and oxygen atoms in total. The van der Waals surface area contributed by atoms with Crippen LogP contribution in [0.25, 0.3) is 11.4 Å². The van der Waals surface area contributed by atoms with Gasteiger partial charge >= 0.3 is 12.2 Å². The van der Waals surface area contributed by atoms with Crippen LogP contribution in [0.2, 0.25) is 0 Å². The minimum Gasteiger partial charge on any atom is -0.465 e. The van der Waals surface area contributed by atoms with Crippen molar-refractivity contribution in [1.29, 1.82) is 5.26 Å². The van der Waals surface area contributed by atoms with Gasteiger partial charge in [0.25, 0.3) is 0 Å². The van der Waals surface area contributed by atoms with E-state index in [1.54, 1.807) is 0 Å². The molecule has 38 heavy (non-hydrogen) atoms. The number of hydrogen-bond acceptors (Lipinski definition) is 9. The molecule has 0 unspecified atom stereocenters. The van der Waals surface area contributed by atoms with Gasteiger partial charge in [-0.2, -0.15) is 9.65 Å². The molecule has 3 aromatic rings. The van der Waals surface area contributed by atoms with Crippen LogP contribution in [0.4, 0.5) is 29.9 Å². The van der Waals surface area contributed by atoms with Crippen LogP contribution in [-0.2, 0) is 16.6 Å². The summed E-state index contributed by atoms with van der Waals surface area (Å²) in [5.41, 5.74) is -1.13. The number of nitrogens with zero attached hydrogens (tertiary/aromatic N) is 7. The number of halogens is 2. The van der Waals surface area contributed by atoms with Gasteiger partial charge in [0.2, 0.25) is 11.9 Å². The van der Waals surface area contributed by atoms with Crippen LogP contribution in [0.15, 0.2) is 30.6 Å². The number of carboxylic acid groups (broad SMARTS) is 1. The van der Waals surface area contributed by atoms with Gasteiger partial charge in [0.15, 0.2) is 16.9 Å². The van der Waals surface area contributed by atoms with Crippen molar-refractivity contribution in [2.75, 3.05) is 23.7 Å². The molecule has 196 valence electrons. The quantitative estimate of drug-likeness (QED) is 0.401. The third-order valence-corrected chi connectivity index (χ3v) is 5.71. The first-order valence-corrected chi connectivity index (χ1v) is 10.9. The van der Waals surface area contributed by atoms with Crippen LogP contribution < -0.4 is 10.6 Å². The second-order valence-corrected chi connectivity index (χ2v) is 8.34. The number of anilines is 2. The van der Waals surface area contributed by atoms with E-state index < -0.39 is 41.4 Å². The van der Waals surface area contributed by atoms with Crippen molar-refractivity contribution in [2.24, 2.45) is 12.5 Å². The minimum absolute atomic E-state index is 0.0796. The number of aryl methyl sites for hydroxylation is 1. The van der Waals surface area contributed by atoms with Crippen LogP contribution in [0, 0.1) is 28.5 Å². The van der Waals surface area contributed by atoms with Crippen molar-refractivity contribution < 1.29 is 33.0 Å². The molecule has 3 amide bonds. The zero-order valence-corrected chi connectivity index (χ0v) is 19.8. The predicted molar refractivity (Wildman–Crippen MR) is 123 cm³/mol. The molecule has 0 aliphatic carbocycles. The van der Waals surface area contributed by atoms with Gasteiger partial charge in [0.05, 0.1) is 48.5 Å². The summed E-state index contributed by atoms with van der Waals surface area (Å²) < 4.78 is 33.7. The number of amides is 3. The lowest BCUT2D eigenvalue weighted by molar-refractivity contribution is -0.128. The molecule has 0 radical (unpaired) electrons. The molecule has 1 aliphatic heterocycles. The lowest BCUT2D eigenvalue weighted by atomic mass is 9.80. The SMILES string of the molecule is C[C@@H](OC(=O)Nc1c(-c2ccc(NC(=O)C3(C#N)CN(C(=O)O)C3)cn2)nnn1C)c1cc(F)cnc1F. The molecule has 0 spiro atoms. The molecule has 1 fully saturated rings. The lowest BCUT2D eigenvalue weighted by Crippen LogP contribution is -2.62. The van der Waals surface area contributed by atoms with Gasteiger partial charge in [-0.25, -0.2) is 23.6 Å². The van der Waals surface area contributed by atoms with Crippen molar-refractivity contribution in [2.45, 2.75) is 13.0 Å².